The molecule has 0 saturated carbocycles. The van der Waals surface area contributed by atoms with Crippen molar-refractivity contribution in [2.24, 2.45) is 5.41 Å². The normalized spacial score (nSPS) is 20.9. The Balaban J connectivity index is 1.50. The second-order valence-electron chi connectivity index (χ2n) is 8.24. The van der Waals surface area contributed by atoms with E-state index < -0.39 is 0 Å². The van der Waals surface area contributed by atoms with Crippen molar-refractivity contribution >= 4 is 34.7 Å². The first kappa shape index (κ1) is 19.8. The first-order valence-electron chi connectivity index (χ1n) is 10.2. The van der Waals surface area contributed by atoms with Crippen LogP contribution in [0, 0.1) is 12.3 Å². The van der Waals surface area contributed by atoms with E-state index in [1.54, 1.807) is 12.4 Å². The molecule has 0 N–H and O–H groups in total. The van der Waals surface area contributed by atoms with E-state index in [1.165, 1.54) is 0 Å². The van der Waals surface area contributed by atoms with Crippen LogP contribution >= 0.6 is 23.2 Å². The molecule has 2 aromatic heterocycles. The standard InChI is InChI=1S/C22H23Cl2N5O/c1-3-15-11-22(12-30-15)7-9-28(10-8-22)21-20-25-13-26-29(20)19(14(2)27-21)16-5-4-6-17(23)18(16)24/h3-6,13,15H,1,7-12H2,2H3/t15-/m0/s1. The molecule has 2 fully saturated rings. The molecule has 156 valence electrons. The summed E-state index contributed by atoms with van der Waals surface area (Å²) in [6, 6.07) is 5.58. The van der Waals surface area contributed by atoms with Gasteiger partial charge in [0.05, 0.1) is 34.1 Å². The molecule has 2 aliphatic rings. The van der Waals surface area contributed by atoms with E-state index >= 15 is 0 Å². The van der Waals surface area contributed by atoms with E-state index in [9.17, 15) is 0 Å². The number of anilines is 1. The number of nitrogens with zero attached hydrogens (tertiary/aromatic N) is 5. The molecule has 2 saturated heterocycles. The summed E-state index contributed by atoms with van der Waals surface area (Å²) in [4.78, 5) is 11.8. The highest BCUT2D eigenvalue weighted by molar-refractivity contribution is 6.43. The SMILES string of the molecule is C=C[C@H]1CC2(CCN(c3nc(C)c(-c4cccc(Cl)c4Cl)n4ncnc34)CC2)CO1. The Morgan fingerprint density at radius 2 is 2.07 bits per heavy atom. The zero-order chi connectivity index (χ0) is 20.9. The minimum absolute atomic E-state index is 0.182. The molecule has 4 heterocycles. The number of aromatic nitrogens is 4. The van der Waals surface area contributed by atoms with E-state index in [4.69, 9.17) is 32.9 Å². The van der Waals surface area contributed by atoms with Gasteiger partial charge in [0, 0.05) is 18.7 Å². The molecule has 0 amide bonds. The summed E-state index contributed by atoms with van der Waals surface area (Å²) in [5.41, 5.74) is 3.43. The molecule has 5 rings (SSSR count). The Morgan fingerprint density at radius 1 is 1.27 bits per heavy atom. The van der Waals surface area contributed by atoms with E-state index in [0.29, 0.717) is 10.0 Å². The quantitative estimate of drug-likeness (QED) is 0.534. The number of fused-ring (bicyclic) bond motifs is 1. The van der Waals surface area contributed by atoms with Gasteiger partial charge in [0.25, 0.3) is 0 Å². The van der Waals surface area contributed by atoms with Gasteiger partial charge in [0.15, 0.2) is 11.5 Å². The average molecular weight is 444 g/mol. The summed E-state index contributed by atoms with van der Waals surface area (Å²) in [7, 11) is 0. The van der Waals surface area contributed by atoms with Crippen LogP contribution in [0.4, 0.5) is 5.82 Å². The third-order valence-corrected chi connectivity index (χ3v) is 7.23. The third-order valence-electron chi connectivity index (χ3n) is 6.41. The molecule has 3 aromatic rings. The molecule has 0 aliphatic carbocycles. The molecular weight excluding hydrogens is 421 g/mol. The topological polar surface area (TPSA) is 55.6 Å². The summed E-state index contributed by atoms with van der Waals surface area (Å²) in [5.74, 6) is 0.862. The second-order valence-corrected chi connectivity index (χ2v) is 9.03. The van der Waals surface area contributed by atoms with Crippen molar-refractivity contribution in [3.63, 3.8) is 0 Å². The maximum atomic E-state index is 6.50. The predicted octanol–water partition coefficient (Wildman–Crippen LogP) is 4.97. The molecule has 1 spiro atoms. The molecule has 1 aromatic carbocycles. The maximum absolute atomic E-state index is 6.50. The molecule has 30 heavy (non-hydrogen) atoms. The third kappa shape index (κ3) is 3.18. The van der Waals surface area contributed by atoms with Crippen LogP contribution in [0.1, 0.15) is 25.0 Å². The molecule has 8 heteroatoms. The van der Waals surface area contributed by atoms with Crippen LogP contribution in [0.25, 0.3) is 16.9 Å². The lowest BCUT2D eigenvalue weighted by atomic mass is 9.76. The minimum atomic E-state index is 0.182. The summed E-state index contributed by atoms with van der Waals surface area (Å²) in [5, 5.41) is 5.48. The zero-order valence-corrected chi connectivity index (χ0v) is 18.3. The number of aryl methyl sites for hydroxylation is 1. The van der Waals surface area contributed by atoms with Crippen LogP contribution < -0.4 is 4.90 Å². The molecule has 1 atom stereocenters. The van der Waals surface area contributed by atoms with Gasteiger partial charge in [-0.2, -0.15) is 5.10 Å². The Bertz CT molecular complexity index is 1120. The van der Waals surface area contributed by atoms with Crippen LogP contribution in [0.2, 0.25) is 10.0 Å². The lowest BCUT2D eigenvalue weighted by Crippen LogP contribution is -2.41. The maximum Gasteiger partial charge on any atom is 0.199 e. The number of hydrogen-bond acceptors (Lipinski definition) is 5. The molecule has 6 nitrogen and oxygen atoms in total. The number of hydrogen-bond donors (Lipinski definition) is 0. The number of piperidine rings is 1. The average Bonchev–Trinajstić information content (AvgIpc) is 3.38. The fourth-order valence-corrected chi connectivity index (χ4v) is 5.09. The number of ether oxygens (including phenoxy) is 1. The smallest absolute Gasteiger partial charge is 0.199 e. The van der Waals surface area contributed by atoms with Gasteiger partial charge in [0.2, 0.25) is 0 Å². The van der Waals surface area contributed by atoms with Crippen molar-refractivity contribution in [1.82, 2.24) is 19.6 Å². The van der Waals surface area contributed by atoms with E-state index in [-0.39, 0.29) is 11.5 Å². The van der Waals surface area contributed by atoms with Crippen molar-refractivity contribution in [1.29, 1.82) is 0 Å². The molecule has 2 aliphatic heterocycles. The van der Waals surface area contributed by atoms with Crippen molar-refractivity contribution in [2.45, 2.75) is 32.3 Å². The lowest BCUT2D eigenvalue weighted by molar-refractivity contribution is 0.110. The van der Waals surface area contributed by atoms with Gasteiger partial charge in [-0.3, -0.25) is 0 Å². The van der Waals surface area contributed by atoms with Crippen LogP contribution in [0.5, 0.6) is 0 Å². The summed E-state index contributed by atoms with van der Waals surface area (Å²) >= 11 is 12.8. The monoisotopic (exact) mass is 443 g/mol. The van der Waals surface area contributed by atoms with Crippen LogP contribution in [-0.2, 0) is 4.74 Å². The summed E-state index contributed by atoms with van der Waals surface area (Å²) in [6.45, 7) is 8.51. The van der Waals surface area contributed by atoms with Crippen LogP contribution in [0.15, 0.2) is 37.2 Å². The first-order valence-corrected chi connectivity index (χ1v) is 10.9. The van der Waals surface area contributed by atoms with Gasteiger partial charge >= 0.3 is 0 Å². The Kier molecular flexibility index (Phi) is 4.96. The number of benzene rings is 1. The highest BCUT2D eigenvalue weighted by Gasteiger charge is 2.42. The van der Waals surface area contributed by atoms with Gasteiger partial charge in [-0.25, -0.2) is 14.5 Å². The van der Waals surface area contributed by atoms with Crippen molar-refractivity contribution in [3.05, 3.63) is 52.9 Å². The minimum Gasteiger partial charge on any atom is -0.374 e. The van der Waals surface area contributed by atoms with E-state index in [0.717, 1.165) is 67.4 Å². The Labute approximate surface area is 185 Å². The predicted molar refractivity (Wildman–Crippen MR) is 119 cm³/mol. The summed E-state index contributed by atoms with van der Waals surface area (Å²) < 4.78 is 7.72. The Morgan fingerprint density at radius 3 is 2.80 bits per heavy atom. The van der Waals surface area contributed by atoms with Crippen molar-refractivity contribution in [3.8, 4) is 11.3 Å². The highest BCUT2D eigenvalue weighted by atomic mass is 35.5. The van der Waals surface area contributed by atoms with Gasteiger partial charge < -0.3 is 9.64 Å². The van der Waals surface area contributed by atoms with Crippen LogP contribution in [0.3, 0.4) is 0 Å². The first-order chi connectivity index (χ1) is 14.5. The molecule has 0 radical (unpaired) electrons. The molecule has 0 unspecified atom stereocenters. The second kappa shape index (κ2) is 7.52. The Hall–Kier alpha value is -2.15. The fraction of sp³-hybridized carbons (Fsp3) is 0.409. The van der Waals surface area contributed by atoms with Gasteiger partial charge in [0.1, 0.15) is 6.33 Å². The van der Waals surface area contributed by atoms with Crippen molar-refractivity contribution < 1.29 is 4.74 Å². The van der Waals surface area contributed by atoms with E-state index in [2.05, 4.69) is 21.6 Å². The van der Waals surface area contributed by atoms with Crippen LogP contribution in [-0.4, -0.2) is 45.4 Å². The largest absolute Gasteiger partial charge is 0.374 e. The molecule has 0 bridgehead atoms. The van der Waals surface area contributed by atoms with E-state index in [1.807, 2.05) is 29.6 Å². The highest BCUT2D eigenvalue weighted by Crippen LogP contribution is 2.43. The van der Waals surface area contributed by atoms with Crippen molar-refractivity contribution in [2.75, 3.05) is 24.6 Å². The summed E-state index contributed by atoms with van der Waals surface area (Å²) in [6.07, 6.45) is 6.86. The molecular formula is C22H23Cl2N5O. The van der Waals surface area contributed by atoms with Gasteiger partial charge in [-0.1, -0.05) is 41.4 Å². The van der Waals surface area contributed by atoms with Gasteiger partial charge in [-0.15, -0.1) is 6.58 Å². The number of rotatable bonds is 3. The number of halogens is 2. The zero-order valence-electron chi connectivity index (χ0n) is 16.8. The fourth-order valence-electron chi connectivity index (χ4n) is 4.70. The van der Waals surface area contributed by atoms with Gasteiger partial charge in [-0.05, 0) is 37.7 Å². The lowest BCUT2D eigenvalue weighted by Gasteiger charge is -2.39.